The summed E-state index contributed by atoms with van der Waals surface area (Å²) >= 11 is 6.14. The zero-order valence-corrected chi connectivity index (χ0v) is 19.2. The van der Waals surface area contributed by atoms with Gasteiger partial charge in [0.15, 0.2) is 5.75 Å². The maximum atomic E-state index is 12.7. The number of aromatic carboxylic acids is 1. The summed E-state index contributed by atoms with van der Waals surface area (Å²) in [4.78, 5) is 23.8. The predicted molar refractivity (Wildman–Crippen MR) is 134 cm³/mol. The lowest BCUT2D eigenvalue weighted by Crippen LogP contribution is -2.18. The number of ether oxygens (including phenoxy) is 2. The normalized spacial score (nSPS) is 11.9. The van der Waals surface area contributed by atoms with E-state index in [1.807, 2.05) is 24.3 Å². The second-order valence-electron chi connectivity index (χ2n) is 8.02. The van der Waals surface area contributed by atoms with Crippen molar-refractivity contribution in [1.29, 1.82) is 0 Å². The lowest BCUT2D eigenvalue weighted by molar-refractivity contribution is 0.0696. The van der Waals surface area contributed by atoms with Gasteiger partial charge in [0.1, 0.15) is 12.4 Å². The topological polar surface area (TPSA) is 84.9 Å². The van der Waals surface area contributed by atoms with E-state index in [1.54, 1.807) is 18.2 Å². The Morgan fingerprint density at radius 3 is 2.11 bits per heavy atom. The summed E-state index contributed by atoms with van der Waals surface area (Å²) in [6.45, 7) is 0.174. The van der Waals surface area contributed by atoms with Crippen LogP contribution in [0.1, 0.15) is 27.4 Å². The molecule has 5 rings (SSSR count). The molecule has 1 aliphatic carbocycles. The average Bonchev–Trinajstić information content (AvgIpc) is 3.18. The Hall–Kier alpha value is -4.29. The van der Waals surface area contributed by atoms with Gasteiger partial charge in [0.05, 0.1) is 11.3 Å². The number of carboxylic acid groups (broad SMARTS) is 1. The lowest BCUT2D eigenvalue weighted by atomic mass is 9.98. The number of carboxylic acids is 1. The van der Waals surface area contributed by atoms with Gasteiger partial charge in [-0.05, 0) is 64.7 Å². The zero-order valence-electron chi connectivity index (χ0n) is 18.4. The minimum Gasteiger partial charge on any atom is -0.478 e. The van der Waals surface area contributed by atoms with Gasteiger partial charge in [-0.3, -0.25) is 5.32 Å². The second kappa shape index (κ2) is 9.52. The highest BCUT2D eigenvalue weighted by Crippen LogP contribution is 2.44. The zero-order chi connectivity index (χ0) is 24.4. The van der Waals surface area contributed by atoms with E-state index in [9.17, 15) is 9.59 Å². The standard InChI is InChI=1S/C28H20ClNO5/c29-18-11-14-26(35-19-12-9-17(10-13-19)27(31)32)25(15-18)30-28(33)34-16-24-22-7-3-1-5-20(22)21-6-2-4-8-23(21)24/h1-15,24H,16H2,(H,30,33)(H,31,32). The highest BCUT2D eigenvalue weighted by molar-refractivity contribution is 6.31. The van der Waals surface area contributed by atoms with Crippen LogP contribution in [0.5, 0.6) is 11.5 Å². The molecule has 0 bridgehead atoms. The number of nitrogens with one attached hydrogen (secondary N) is 1. The van der Waals surface area contributed by atoms with Crippen molar-refractivity contribution in [3.05, 3.63) is 113 Å². The summed E-state index contributed by atoms with van der Waals surface area (Å²) < 4.78 is 11.5. The number of benzene rings is 4. The van der Waals surface area contributed by atoms with Crippen molar-refractivity contribution in [2.45, 2.75) is 5.92 Å². The summed E-state index contributed by atoms with van der Waals surface area (Å²) in [7, 11) is 0. The Bertz CT molecular complexity index is 1370. The molecule has 174 valence electrons. The van der Waals surface area contributed by atoms with Crippen LogP contribution in [0.4, 0.5) is 10.5 Å². The van der Waals surface area contributed by atoms with Crippen molar-refractivity contribution < 1.29 is 24.2 Å². The Labute approximate surface area is 206 Å². The van der Waals surface area contributed by atoms with Crippen LogP contribution in [0.2, 0.25) is 5.02 Å². The van der Waals surface area contributed by atoms with Crippen molar-refractivity contribution in [3.63, 3.8) is 0 Å². The highest BCUT2D eigenvalue weighted by atomic mass is 35.5. The molecule has 0 saturated heterocycles. The molecular weight excluding hydrogens is 466 g/mol. The van der Waals surface area contributed by atoms with E-state index in [0.29, 0.717) is 22.2 Å². The molecule has 1 aliphatic rings. The van der Waals surface area contributed by atoms with Crippen LogP contribution in [0, 0.1) is 0 Å². The fourth-order valence-electron chi connectivity index (χ4n) is 4.23. The van der Waals surface area contributed by atoms with Crippen molar-refractivity contribution in [2.75, 3.05) is 11.9 Å². The number of anilines is 1. The first-order valence-corrected chi connectivity index (χ1v) is 11.3. The van der Waals surface area contributed by atoms with Crippen LogP contribution in [0.15, 0.2) is 91.0 Å². The van der Waals surface area contributed by atoms with Crippen molar-refractivity contribution in [1.82, 2.24) is 0 Å². The number of halogens is 1. The Balaban J connectivity index is 1.30. The summed E-state index contributed by atoms with van der Waals surface area (Å²) in [5.74, 6) is -0.337. The van der Waals surface area contributed by atoms with Gasteiger partial charge >= 0.3 is 12.1 Å². The van der Waals surface area contributed by atoms with Gasteiger partial charge in [-0.15, -0.1) is 0 Å². The first kappa shape index (κ1) is 22.5. The molecule has 2 N–H and O–H groups in total. The lowest BCUT2D eigenvalue weighted by Gasteiger charge is -2.16. The predicted octanol–water partition coefficient (Wildman–Crippen LogP) is 7.19. The first-order valence-electron chi connectivity index (χ1n) is 10.9. The molecule has 0 saturated carbocycles. The van der Waals surface area contributed by atoms with E-state index >= 15 is 0 Å². The molecule has 35 heavy (non-hydrogen) atoms. The van der Waals surface area contributed by atoms with Crippen molar-refractivity contribution in [2.24, 2.45) is 0 Å². The van der Waals surface area contributed by atoms with E-state index in [0.717, 1.165) is 22.3 Å². The molecule has 4 aromatic rings. The number of fused-ring (bicyclic) bond motifs is 3. The maximum Gasteiger partial charge on any atom is 0.411 e. The number of hydrogen-bond donors (Lipinski definition) is 2. The highest BCUT2D eigenvalue weighted by Gasteiger charge is 2.29. The molecule has 6 nitrogen and oxygen atoms in total. The van der Waals surface area contributed by atoms with Crippen LogP contribution in [-0.4, -0.2) is 23.8 Å². The third-order valence-corrected chi connectivity index (χ3v) is 6.09. The molecule has 0 heterocycles. The van der Waals surface area contributed by atoms with E-state index in [4.69, 9.17) is 26.2 Å². The van der Waals surface area contributed by atoms with Crippen LogP contribution < -0.4 is 10.1 Å². The molecule has 0 spiro atoms. The molecule has 0 unspecified atom stereocenters. The van der Waals surface area contributed by atoms with Gasteiger partial charge < -0.3 is 14.6 Å². The largest absolute Gasteiger partial charge is 0.478 e. The van der Waals surface area contributed by atoms with Crippen LogP contribution in [0.3, 0.4) is 0 Å². The third kappa shape index (κ3) is 4.69. The quantitative estimate of drug-likeness (QED) is 0.302. The fraction of sp³-hybridized carbons (Fsp3) is 0.0714. The number of carbonyl (C=O) groups is 2. The van der Waals surface area contributed by atoms with Gasteiger partial charge in [0.25, 0.3) is 0 Å². The monoisotopic (exact) mass is 485 g/mol. The summed E-state index contributed by atoms with van der Waals surface area (Å²) in [5.41, 5.74) is 5.02. The second-order valence-corrected chi connectivity index (χ2v) is 8.46. The Morgan fingerprint density at radius 2 is 1.49 bits per heavy atom. The Kier molecular flexibility index (Phi) is 6.12. The average molecular weight is 486 g/mol. The van der Waals surface area contributed by atoms with Crippen molar-refractivity contribution in [3.8, 4) is 22.6 Å². The summed E-state index contributed by atoms with van der Waals surface area (Å²) in [5, 5.41) is 12.2. The number of hydrogen-bond acceptors (Lipinski definition) is 4. The molecule has 7 heteroatoms. The van der Waals surface area contributed by atoms with E-state index in [2.05, 4.69) is 29.6 Å². The third-order valence-electron chi connectivity index (χ3n) is 5.85. The van der Waals surface area contributed by atoms with Gasteiger partial charge in [0, 0.05) is 10.9 Å². The maximum absolute atomic E-state index is 12.7. The van der Waals surface area contributed by atoms with E-state index < -0.39 is 12.1 Å². The number of carbonyl (C=O) groups excluding carboxylic acids is 1. The smallest absolute Gasteiger partial charge is 0.411 e. The van der Waals surface area contributed by atoms with Gasteiger partial charge in [-0.25, -0.2) is 9.59 Å². The van der Waals surface area contributed by atoms with Gasteiger partial charge in [-0.2, -0.15) is 0 Å². The summed E-state index contributed by atoms with van der Waals surface area (Å²) in [6.07, 6.45) is -0.639. The molecular formula is C28H20ClNO5. The van der Waals surface area contributed by atoms with E-state index in [1.165, 1.54) is 24.3 Å². The van der Waals surface area contributed by atoms with Crippen LogP contribution in [-0.2, 0) is 4.74 Å². The van der Waals surface area contributed by atoms with Crippen molar-refractivity contribution >= 4 is 29.4 Å². The molecule has 1 amide bonds. The van der Waals surface area contributed by atoms with E-state index in [-0.39, 0.29) is 18.1 Å². The first-order chi connectivity index (χ1) is 17.0. The SMILES string of the molecule is O=C(Nc1cc(Cl)ccc1Oc1ccc(C(=O)O)cc1)OCC1c2ccccc2-c2ccccc21. The Morgan fingerprint density at radius 1 is 0.857 bits per heavy atom. The van der Waals surface area contributed by atoms with Crippen LogP contribution >= 0.6 is 11.6 Å². The fourth-order valence-corrected chi connectivity index (χ4v) is 4.40. The minimum atomic E-state index is -1.03. The molecule has 0 atom stereocenters. The van der Waals surface area contributed by atoms with Gasteiger partial charge in [0.2, 0.25) is 0 Å². The summed E-state index contributed by atoms with van der Waals surface area (Å²) in [6, 6.07) is 27.0. The molecule has 0 radical (unpaired) electrons. The number of rotatable bonds is 6. The number of amides is 1. The van der Waals surface area contributed by atoms with Gasteiger partial charge in [-0.1, -0.05) is 60.1 Å². The molecule has 0 fully saturated rings. The molecule has 0 aromatic heterocycles. The molecule has 0 aliphatic heterocycles. The minimum absolute atomic E-state index is 0.0593. The van der Waals surface area contributed by atoms with Crippen LogP contribution in [0.25, 0.3) is 11.1 Å². The molecule has 4 aromatic carbocycles.